The fraction of sp³-hybridized carbons (Fsp3) is 0.963. The summed E-state index contributed by atoms with van der Waals surface area (Å²) in [5, 5.41) is 22.7. The van der Waals surface area contributed by atoms with Gasteiger partial charge in [0.15, 0.2) is 0 Å². The Morgan fingerprint density at radius 3 is 1.45 bits per heavy atom. The van der Waals surface area contributed by atoms with Crippen molar-refractivity contribution in [3.05, 3.63) is 0 Å². The standard InChI is InChI=1S/C27H55NO3/c1-3-5-7-9-11-13-15-16-18-20-22-26(30)25(24-29)28-27(31)23-21-19-17-14-12-10-8-6-4-2/h25-26,29-30H,3-24H2,1-2H3,(H,28,31). The van der Waals surface area contributed by atoms with Crippen molar-refractivity contribution in [1.82, 2.24) is 5.32 Å². The van der Waals surface area contributed by atoms with Crippen LogP contribution in [0.2, 0.25) is 0 Å². The van der Waals surface area contributed by atoms with Gasteiger partial charge in [0.05, 0.1) is 18.8 Å². The van der Waals surface area contributed by atoms with Gasteiger partial charge in [-0.3, -0.25) is 4.79 Å². The molecule has 0 rings (SSSR count). The molecule has 0 aliphatic heterocycles. The molecule has 1 amide bonds. The molecule has 0 saturated heterocycles. The van der Waals surface area contributed by atoms with E-state index in [4.69, 9.17) is 0 Å². The van der Waals surface area contributed by atoms with Crippen LogP contribution in [0.25, 0.3) is 0 Å². The molecule has 0 saturated carbocycles. The highest BCUT2D eigenvalue weighted by Crippen LogP contribution is 2.14. The van der Waals surface area contributed by atoms with Gasteiger partial charge < -0.3 is 15.5 Å². The van der Waals surface area contributed by atoms with E-state index >= 15 is 0 Å². The molecule has 0 aromatic carbocycles. The van der Waals surface area contributed by atoms with Gasteiger partial charge in [-0.15, -0.1) is 0 Å². The third-order valence-corrected chi connectivity index (χ3v) is 6.37. The molecule has 0 bridgehead atoms. The van der Waals surface area contributed by atoms with Gasteiger partial charge >= 0.3 is 0 Å². The first-order valence-corrected chi connectivity index (χ1v) is 13.7. The van der Waals surface area contributed by atoms with Gasteiger partial charge in [-0.2, -0.15) is 0 Å². The van der Waals surface area contributed by atoms with Gasteiger partial charge in [-0.25, -0.2) is 0 Å². The van der Waals surface area contributed by atoms with Crippen molar-refractivity contribution < 1.29 is 15.0 Å². The maximum absolute atomic E-state index is 12.1. The predicted octanol–water partition coefficient (Wildman–Crippen LogP) is 7.06. The lowest BCUT2D eigenvalue weighted by molar-refractivity contribution is -0.123. The highest BCUT2D eigenvalue weighted by Gasteiger charge is 2.19. The van der Waals surface area contributed by atoms with Crippen molar-refractivity contribution >= 4 is 5.91 Å². The summed E-state index contributed by atoms with van der Waals surface area (Å²) >= 11 is 0. The van der Waals surface area contributed by atoms with E-state index in [1.54, 1.807) is 0 Å². The molecule has 0 fully saturated rings. The molecule has 31 heavy (non-hydrogen) atoms. The molecule has 186 valence electrons. The fourth-order valence-corrected chi connectivity index (χ4v) is 4.18. The second-order valence-electron chi connectivity index (χ2n) is 9.47. The lowest BCUT2D eigenvalue weighted by Crippen LogP contribution is -2.45. The Balaban J connectivity index is 3.63. The first-order chi connectivity index (χ1) is 15.2. The van der Waals surface area contributed by atoms with Crippen LogP contribution in [0, 0.1) is 0 Å². The summed E-state index contributed by atoms with van der Waals surface area (Å²) < 4.78 is 0. The maximum atomic E-state index is 12.1. The van der Waals surface area contributed by atoms with Crippen LogP contribution in [0.15, 0.2) is 0 Å². The zero-order valence-electron chi connectivity index (χ0n) is 21.0. The van der Waals surface area contributed by atoms with Crippen molar-refractivity contribution in [2.75, 3.05) is 6.61 Å². The van der Waals surface area contributed by atoms with Gasteiger partial charge in [-0.1, -0.05) is 129 Å². The molecular formula is C27H55NO3. The van der Waals surface area contributed by atoms with E-state index in [-0.39, 0.29) is 12.5 Å². The van der Waals surface area contributed by atoms with Crippen LogP contribution >= 0.6 is 0 Å². The van der Waals surface area contributed by atoms with Gasteiger partial charge in [0.2, 0.25) is 5.91 Å². The normalized spacial score (nSPS) is 13.3. The van der Waals surface area contributed by atoms with Crippen molar-refractivity contribution in [1.29, 1.82) is 0 Å². The van der Waals surface area contributed by atoms with Crippen molar-refractivity contribution in [3.8, 4) is 0 Å². The minimum Gasteiger partial charge on any atom is -0.394 e. The number of aliphatic hydroxyl groups excluding tert-OH is 2. The number of carbonyl (C=O) groups excluding carboxylic acids is 1. The minimum absolute atomic E-state index is 0.0379. The first-order valence-electron chi connectivity index (χ1n) is 13.7. The Kier molecular flexibility index (Phi) is 23.6. The zero-order valence-corrected chi connectivity index (χ0v) is 21.0. The quantitative estimate of drug-likeness (QED) is 0.140. The number of amides is 1. The van der Waals surface area contributed by atoms with Gasteiger partial charge in [-0.05, 0) is 12.8 Å². The lowest BCUT2D eigenvalue weighted by atomic mass is 10.0. The van der Waals surface area contributed by atoms with E-state index in [0.717, 1.165) is 25.7 Å². The van der Waals surface area contributed by atoms with Crippen LogP contribution in [0.3, 0.4) is 0 Å². The van der Waals surface area contributed by atoms with Crippen LogP contribution in [-0.4, -0.2) is 34.9 Å². The molecule has 2 unspecified atom stereocenters. The second-order valence-corrected chi connectivity index (χ2v) is 9.47. The van der Waals surface area contributed by atoms with Gasteiger partial charge in [0.1, 0.15) is 0 Å². The molecule has 3 N–H and O–H groups in total. The van der Waals surface area contributed by atoms with Crippen LogP contribution in [0.4, 0.5) is 0 Å². The average molecular weight is 442 g/mol. The van der Waals surface area contributed by atoms with E-state index in [0.29, 0.717) is 12.8 Å². The number of nitrogens with one attached hydrogen (secondary N) is 1. The van der Waals surface area contributed by atoms with Crippen molar-refractivity contribution in [3.63, 3.8) is 0 Å². The summed E-state index contributed by atoms with van der Waals surface area (Å²) in [6.07, 6.45) is 24.2. The summed E-state index contributed by atoms with van der Waals surface area (Å²) in [5.74, 6) is -0.0379. The van der Waals surface area contributed by atoms with Crippen molar-refractivity contribution in [2.24, 2.45) is 0 Å². The number of carbonyl (C=O) groups is 1. The molecule has 0 aromatic heterocycles. The van der Waals surface area contributed by atoms with Crippen molar-refractivity contribution in [2.45, 2.75) is 161 Å². The molecule has 2 atom stereocenters. The van der Waals surface area contributed by atoms with E-state index < -0.39 is 12.1 Å². The molecule has 0 radical (unpaired) electrons. The molecule has 4 heteroatoms. The Morgan fingerprint density at radius 2 is 1.03 bits per heavy atom. The highest BCUT2D eigenvalue weighted by atomic mass is 16.3. The van der Waals surface area contributed by atoms with Crippen LogP contribution < -0.4 is 5.32 Å². The summed E-state index contributed by atoms with van der Waals surface area (Å²) in [6.45, 7) is 4.30. The van der Waals surface area contributed by atoms with E-state index in [9.17, 15) is 15.0 Å². The monoisotopic (exact) mass is 441 g/mol. The Labute approximate surface area is 194 Å². The first kappa shape index (κ1) is 30.4. The molecule has 0 aromatic rings. The summed E-state index contributed by atoms with van der Waals surface area (Å²) in [6, 6.07) is -0.523. The third kappa shape index (κ3) is 21.0. The number of aliphatic hydroxyl groups is 2. The largest absolute Gasteiger partial charge is 0.394 e. The molecule has 0 heterocycles. The molecular weight excluding hydrogens is 386 g/mol. The smallest absolute Gasteiger partial charge is 0.220 e. The molecule has 0 spiro atoms. The Hall–Kier alpha value is -0.610. The van der Waals surface area contributed by atoms with E-state index in [1.807, 2.05) is 0 Å². The number of rotatable bonds is 24. The predicted molar refractivity (Wildman–Crippen MR) is 133 cm³/mol. The highest BCUT2D eigenvalue weighted by molar-refractivity contribution is 5.76. The topological polar surface area (TPSA) is 69.6 Å². The number of hydrogen-bond acceptors (Lipinski definition) is 3. The lowest BCUT2D eigenvalue weighted by Gasteiger charge is -2.22. The summed E-state index contributed by atoms with van der Waals surface area (Å²) in [5.41, 5.74) is 0. The molecule has 4 nitrogen and oxygen atoms in total. The van der Waals surface area contributed by atoms with Gasteiger partial charge in [0.25, 0.3) is 0 Å². The molecule has 0 aliphatic carbocycles. The maximum Gasteiger partial charge on any atom is 0.220 e. The zero-order chi connectivity index (χ0) is 23.0. The van der Waals surface area contributed by atoms with E-state index in [1.165, 1.54) is 96.3 Å². The van der Waals surface area contributed by atoms with Crippen LogP contribution in [0.5, 0.6) is 0 Å². The van der Waals surface area contributed by atoms with E-state index in [2.05, 4.69) is 19.2 Å². The third-order valence-electron chi connectivity index (χ3n) is 6.37. The average Bonchev–Trinajstić information content (AvgIpc) is 2.77. The summed E-state index contributed by atoms with van der Waals surface area (Å²) in [4.78, 5) is 12.1. The van der Waals surface area contributed by atoms with Crippen LogP contribution in [-0.2, 0) is 4.79 Å². The Morgan fingerprint density at radius 1 is 0.645 bits per heavy atom. The van der Waals surface area contributed by atoms with Gasteiger partial charge in [0, 0.05) is 6.42 Å². The number of hydrogen-bond donors (Lipinski definition) is 3. The Bertz CT molecular complexity index is 375. The summed E-state index contributed by atoms with van der Waals surface area (Å²) in [7, 11) is 0. The fourth-order valence-electron chi connectivity index (χ4n) is 4.18. The SMILES string of the molecule is CCCCCCCCCCCCC(O)C(CO)NC(=O)CCCCCCCCCCC. The molecule has 0 aliphatic rings. The second kappa shape index (κ2) is 24.0. The number of unbranched alkanes of at least 4 members (excludes halogenated alkanes) is 17. The van der Waals surface area contributed by atoms with Crippen LogP contribution in [0.1, 0.15) is 149 Å². The minimum atomic E-state index is -0.647.